The molecular weight excluding hydrogens is 625 g/mol. The summed E-state index contributed by atoms with van der Waals surface area (Å²) in [5.41, 5.74) is 6.02. The van der Waals surface area contributed by atoms with Crippen molar-refractivity contribution in [2.24, 2.45) is 5.73 Å². The van der Waals surface area contributed by atoms with E-state index >= 15 is 0 Å². The van der Waals surface area contributed by atoms with Crippen molar-refractivity contribution in [1.29, 1.82) is 0 Å². The minimum atomic E-state index is -4.62. The third-order valence-corrected chi connectivity index (χ3v) is 8.92. The van der Waals surface area contributed by atoms with Crippen LogP contribution < -0.4 is 10.6 Å². The number of carboxylic acids is 1. The Kier molecular flexibility index (Phi) is 9.94. The van der Waals surface area contributed by atoms with E-state index < -0.39 is 44.6 Å². The van der Waals surface area contributed by atoms with Gasteiger partial charge in [0.05, 0.1) is 22.9 Å². The van der Waals surface area contributed by atoms with E-state index in [1.807, 2.05) is 0 Å². The van der Waals surface area contributed by atoms with E-state index in [1.54, 1.807) is 17.0 Å². The van der Waals surface area contributed by atoms with Crippen LogP contribution >= 0.6 is 0 Å². The molecule has 1 fully saturated rings. The molecule has 0 aliphatic carbocycles. The summed E-state index contributed by atoms with van der Waals surface area (Å²) in [5.74, 6) is -3.80. The molecule has 17 heteroatoms. The number of sulfonamides is 1. The van der Waals surface area contributed by atoms with Crippen LogP contribution in [0.25, 0.3) is 11.2 Å². The summed E-state index contributed by atoms with van der Waals surface area (Å²) < 4.78 is 91.3. The maximum Gasteiger partial charge on any atom is 0.416 e. The Balaban J connectivity index is 0.000000297. The van der Waals surface area contributed by atoms with Gasteiger partial charge in [-0.1, -0.05) is 31.2 Å². The smallest absolute Gasteiger partial charge is 0.416 e. The van der Waals surface area contributed by atoms with Gasteiger partial charge in [0.2, 0.25) is 10.0 Å². The molecule has 0 radical (unpaired) electrons. The van der Waals surface area contributed by atoms with Crippen LogP contribution in [0.5, 0.6) is 0 Å². The van der Waals surface area contributed by atoms with E-state index in [1.165, 1.54) is 37.8 Å². The van der Waals surface area contributed by atoms with Gasteiger partial charge in [0.15, 0.2) is 5.65 Å². The predicted octanol–water partition coefficient (Wildman–Crippen LogP) is 4.05. The van der Waals surface area contributed by atoms with Gasteiger partial charge in [-0.3, -0.25) is 4.79 Å². The van der Waals surface area contributed by atoms with Crippen LogP contribution in [0.15, 0.2) is 72.1 Å². The number of rotatable bonds is 7. The molecule has 240 valence electrons. The molecule has 2 aromatic heterocycles. The van der Waals surface area contributed by atoms with Crippen LogP contribution in [-0.2, 0) is 33.5 Å². The summed E-state index contributed by atoms with van der Waals surface area (Å²) in [6.07, 6.45) is -0.633. The van der Waals surface area contributed by atoms with E-state index in [9.17, 15) is 40.3 Å². The summed E-state index contributed by atoms with van der Waals surface area (Å²) in [5, 5.41) is 9.67. The molecule has 45 heavy (non-hydrogen) atoms. The Morgan fingerprint density at radius 3 is 2.20 bits per heavy atom. The van der Waals surface area contributed by atoms with E-state index in [4.69, 9.17) is 5.73 Å². The van der Waals surface area contributed by atoms with Crippen molar-refractivity contribution in [2.45, 2.75) is 42.9 Å². The fraction of sp³-hybridized carbons (Fsp3) is 0.321. The molecule has 1 aliphatic heterocycles. The lowest BCUT2D eigenvalue weighted by atomic mass is 10.0. The minimum absolute atomic E-state index is 0.0622. The third-order valence-electron chi connectivity index (χ3n) is 7.00. The van der Waals surface area contributed by atoms with Crippen molar-refractivity contribution in [1.82, 2.24) is 24.2 Å². The van der Waals surface area contributed by atoms with Crippen LogP contribution in [-0.4, -0.2) is 69.4 Å². The summed E-state index contributed by atoms with van der Waals surface area (Å²) in [6.45, 7) is 1.49. The SMILES string of the molecule is CCC(F)(F)c1ccc(CN)cc1.O=C(O)[C@H]1CN(c2cnc3cncnc3n2)CCN1S(=O)(=O)c1ccc(C(F)(F)F)cc1. The normalized spacial score (nSPS) is 16.2. The lowest BCUT2D eigenvalue weighted by molar-refractivity contribution is -0.141. The summed E-state index contributed by atoms with van der Waals surface area (Å²) >= 11 is 0. The Labute approximate surface area is 254 Å². The topological polar surface area (TPSA) is 156 Å². The van der Waals surface area contributed by atoms with E-state index in [-0.39, 0.29) is 31.6 Å². The van der Waals surface area contributed by atoms with Crippen LogP contribution in [0.1, 0.15) is 30.0 Å². The van der Waals surface area contributed by atoms with E-state index in [0.717, 1.165) is 22.0 Å². The van der Waals surface area contributed by atoms with Crippen molar-refractivity contribution in [3.63, 3.8) is 0 Å². The number of aromatic nitrogens is 4. The molecule has 0 bridgehead atoms. The van der Waals surface area contributed by atoms with Gasteiger partial charge in [-0.2, -0.15) is 17.5 Å². The largest absolute Gasteiger partial charge is 0.480 e. The Morgan fingerprint density at radius 2 is 1.62 bits per heavy atom. The van der Waals surface area contributed by atoms with Gasteiger partial charge < -0.3 is 15.7 Å². The standard InChI is InChI=1S/C18H15F3N6O4S.C10H13F2N/c19-18(20,21)11-1-3-12(4-2-11)32(30,31)27-6-5-26(9-14(27)17(28)29)15-8-23-13-7-22-10-24-16(13)25-15;1-2-10(11,12)9-5-3-8(7-13)4-6-9/h1-4,7-8,10,14H,5-6,9H2,(H,28,29);3-6H,2,7,13H2,1H3/t14-;/m1./s1. The number of carbonyl (C=O) groups is 1. The van der Waals surface area contributed by atoms with Crippen molar-refractivity contribution in [2.75, 3.05) is 24.5 Å². The first-order valence-electron chi connectivity index (χ1n) is 13.4. The molecule has 3 N–H and O–H groups in total. The number of benzene rings is 2. The monoisotopic (exact) mass is 653 g/mol. The van der Waals surface area contributed by atoms with Crippen molar-refractivity contribution < 1.29 is 40.3 Å². The molecular formula is C28H28F5N7O4S. The molecule has 5 rings (SSSR count). The number of hydrogen-bond donors (Lipinski definition) is 2. The van der Waals surface area contributed by atoms with Crippen LogP contribution in [0.4, 0.5) is 27.8 Å². The molecule has 0 saturated carbocycles. The van der Waals surface area contributed by atoms with Crippen molar-refractivity contribution in [3.05, 3.63) is 83.9 Å². The van der Waals surface area contributed by atoms with Gasteiger partial charge in [0, 0.05) is 38.2 Å². The van der Waals surface area contributed by atoms with Gasteiger partial charge in [-0.15, -0.1) is 0 Å². The number of anilines is 1. The van der Waals surface area contributed by atoms with Gasteiger partial charge in [0.1, 0.15) is 23.7 Å². The summed E-state index contributed by atoms with van der Waals surface area (Å²) in [7, 11) is -4.36. The fourth-order valence-electron chi connectivity index (χ4n) is 4.41. The number of halogens is 5. The number of aliphatic carboxylic acids is 1. The first-order chi connectivity index (χ1) is 21.2. The average Bonchev–Trinajstić information content (AvgIpc) is 3.04. The number of hydrogen-bond acceptors (Lipinski definition) is 9. The van der Waals surface area contributed by atoms with E-state index in [0.29, 0.717) is 35.7 Å². The van der Waals surface area contributed by atoms with Crippen molar-refractivity contribution in [3.8, 4) is 0 Å². The minimum Gasteiger partial charge on any atom is -0.480 e. The molecule has 11 nitrogen and oxygen atoms in total. The zero-order chi connectivity index (χ0) is 33.0. The average molecular weight is 654 g/mol. The number of piperazine rings is 1. The van der Waals surface area contributed by atoms with Crippen LogP contribution in [0, 0.1) is 0 Å². The first-order valence-corrected chi connectivity index (χ1v) is 14.9. The second-order valence-electron chi connectivity index (χ2n) is 9.86. The fourth-order valence-corrected chi connectivity index (χ4v) is 5.98. The zero-order valence-electron chi connectivity index (χ0n) is 23.7. The Morgan fingerprint density at radius 1 is 0.978 bits per heavy atom. The summed E-state index contributed by atoms with van der Waals surface area (Å²) in [4.78, 5) is 29.3. The van der Waals surface area contributed by atoms with Crippen LogP contribution in [0.2, 0.25) is 0 Å². The van der Waals surface area contributed by atoms with E-state index in [2.05, 4.69) is 19.9 Å². The Hall–Kier alpha value is -4.35. The number of nitrogens with zero attached hydrogens (tertiary/aromatic N) is 6. The molecule has 1 atom stereocenters. The van der Waals surface area contributed by atoms with Crippen molar-refractivity contribution >= 4 is 33.0 Å². The quantitative estimate of drug-likeness (QED) is 0.279. The molecule has 4 aromatic rings. The van der Waals surface area contributed by atoms with Gasteiger partial charge in [-0.25, -0.2) is 37.1 Å². The highest BCUT2D eigenvalue weighted by Crippen LogP contribution is 2.32. The Bertz CT molecular complexity index is 1740. The molecule has 1 saturated heterocycles. The number of fused-ring (bicyclic) bond motifs is 1. The van der Waals surface area contributed by atoms with Gasteiger partial charge in [0.25, 0.3) is 5.92 Å². The first kappa shape index (κ1) is 33.5. The molecule has 0 amide bonds. The van der Waals surface area contributed by atoms with Gasteiger partial charge >= 0.3 is 12.1 Å². The molecule has 0 spiro atoms. The predicted molar refractivity (Wildman–Crippen MR) is 153 cm³/mol. The molecule has 3 heterocycles. The lowest BCUT2D eigenvalue weighted by Crippen LogP contribution is -2.58. The second-order valence-corrected chi connectivity index (χ2v) is 11.7. The molecule has 1 aliphatic rings. The molecule has 2 aromatic carbocycles. The lowest BCUT2D eigenvalue weighted by Gasteiger charge is -2.38. The highest BCUT2D eigenvalue weighted by Gasteiger charge is 2.41. The number of alkyl halides is 5. The maximum absolute atomic E-state index is 13.1. The number of nitrogens with two attached hydrogens (primary N) is 1. The second kappa shape index (κ2) is 13.3. The van der Waals surface area contributed by atoms with Crippen LogP contribution in [0.3, 0.4) is 0 Å². The highest BCUT2D eigenvalue weighted by atomic mass is 32.2. The maximum atomic E-state index is 13.1. The third kappa shape index (κ3) is 7.66. The zero-order valence-corrected chi connectivity index (χ0v) is 24.5. The highest BCUT2D eigenvalue weighted by molar-refractivity contribution is 7.89. The molecule has 0 unspecified atom stereocenters. The van der Waals surface area contributed by atoms with Gasteiger partial charge in [-0.05, 0) is 29.8 Å². The number of carboxylic acid groups (broad SMARTS) is 1. The summed E-state index contributed by atoms with van der Waals surface area (Å²) in [6, 6.07) is 7.58.